The summed E-state index contributed by atoms with van der Waals surface area (Å²) in [6.07, 6.45) is 15.7. The Kier molecular flexibility index (Phi) is 3.41. The summed E-state index contributed by atoms with van der Waals surface area (Å²) in [6.45, 7) is 11.9. The minimum atomic E-state index is 0.559. The van der Waals surface area contributed by atoms with Crippen LogP contribution in [0, 0.1) is 34.5 Å². The lowest BCUT2D eigenvalue weighted by Crippen LogP contribution is -2.49. The van der Waals surface area contributed by atoms with Crippen LogP contribution in [0.15, 0.2) is 23.8 Å². The van der Waals surface area contributed by atoms with E-state index in [4.69, 9.17) is 0 Å². The molecule has 0 unspecified atom stereocenters. The third-order valence-electron chi connectivity index (χ3n) is 8.61. The largest absolute Gasteiger partial charge is 0.0998 e. The molecule has 0 aromatic heterocycles. The van der Waals surface area contributed by atoms with Crippen LogP contribution in [0.25, 0.3) is 0 Å². The fraction of sp³-hybridized carbons (Fsp3) is 0.818. The molecule has 0 N–H and O–H groups in total. The van der Waals surface area contributed by atoms with Crippen LogP contribution in [-0.4, -0.2) is 0 Å². The van der Waals surface area contributed by atoms with Crippen LogP contribution < -0.4 is 0 Å². The van der Waals surface area contributed by atoms with Gasteiger partial charge >= 0.3 is 0 Å². The van der Waals surface area contributed by atoms with Crippen molar-refractivity contribution >= 4 is 0 Å². The Bertz CT molecular complexity index is 512. The molecular formula is C22H34. The Morgan fingerprint density at radius 1 is 1.09 bits per heavy atom. The number of hydrogen-bond donors (Lipinski definition) is 0. The Hall–Kier alpha value is -0.520. The zero-order valence-electron chi connectivity index (χ0n) is 15.0. The minimum absolute atomic E-state index is 0.559. The van der Waals surface area contributed by atoms with Gasteiger partial charge in [0.15, 0.2) is 0 Å². The quantitative estimate of drug-likeness (QED) is 0.483. The van der Waals surface area contributed by atoms with Gasteiger partial charge in [-0.2, -0.15) is 0 Å². The third kappa shape index (κ3) is 1.88. The average molecular weight is 299 g/mol. The summed E-state index contributed by atoms with van der Waals surface area (Å²) in [5, 5.41) is 0. The highest BCUT2D eigenvalue weighted by Crippen LogP contribution is 2.66. The van der Waals surface area contributed by atoms with Crippen LogP contribution in [0.1, 0.15) is 78.6 Å². The molecule has 0 bridgehead atoms. The van der Waals surface area contributed by atoms with Gasteiger partial charge in [0, 0.05) is 0 Å². The van der Waals surface area contributed by atoms with Gasteiger partial charge in [0.25, 0.3) is 0 Å². The molecule has 4 rings (SSSR count). The van der Waals surface area contributed by atoms with Crippen LogP contribution >= 0.6 is 0 Å². The first kappa shape index (κ1) is 15.0. The fourth-order valence-electron chi connectivity index (χ4n) is 7.51. The topological polar surface area (TPSA) is 0 Å². The first-order valence-corrected chi connectivity index (χ1v) is 9.82. The van der Waals surface area contributed by atoms with Crippen LogP contribution in [-0.2, 0) is 0 Å². The van der Waals surface area contributed by atoms with E-state index in [-0.39, 0.29) is 0 Å². The van der Waals surface area contributed by atoms with E-state index >= 15 is 0 Å². The maximum Gasteiger partial charge on any atom is -0.00853 e. The molecule has 0 aromatic carbocycles. The Balaban J connectivity index is 1.68. The minimum Gasteiger partial charge on any atom is -0.0998 e. The van der Waals surface area contributed by atoms with Crippen molar-refractivity contribution in [3.8, 4) is 0 Å². The molecule has 0 spiro atoms. The predicted molar refractivity (Wildman–Crippen MR) is 94.6 cm³/mol. The van der Waals surface area contributed by atoms with Crippen molar-refractivity contribution in [1.29, 1.82) is 0 Å². The molecule has 0 saturated heterocycles. The highest BCUT2D eigenvalue weighted by Gasteiger charge is 2.58. The molecule has 0 amide bonds. The van der Waals surface area contributed by atoms with Gasteiger partial charge in [-0.05, 0) is 92.8 Å². The molecule has 3 saturated carbocycles. The lowest BCUT2D eigenvalue weighted by atomic mass is 9.47. The van der Waals surface area contributed by atoms with Gasteiger partial charge in [0.2, 0.25) is 0 Å². The van der Waals surface area contributed by atoms with Gasteiger partial charge in [-0.15, -0.1) is 0 Å². The van der Waals surface area contributed by atoms with Crippen LogP contribution in [0.4, 0.5) is 0 Å². The van der Waals surface area contributed by atoms with Gasteiger partial charge in [-0.25, -0.2) is 0 Å². The lowest BCUT2D eigenvalue weighted by molar-refractivity contribution is -0.0359. The second-order valence-corrected chi connectivity index (χ2v) is 9.49. The Morgan fingerprint density at radius 3 is 2.68 bits per heavy atom. The molecule has 4 aliphatic carbocycles. The SMILES string of the molecule is C=C(C)[C@H]1CC[C@H]2[C@@H]3CC=C4CCCC[C@]4(C)[C@H]3CC[C@]12C. The molecule has 0 aliphatic heterocycles. The lowest BCUT2D eigenvalue weighted by Gasteiger charge is -2.57. The summed E-state index contributed by atoms with van der Waals surface area (Å²) >= 11 is 0. The summed E-state index contributed by atoms with van der Waals surface area (Å²) in [4.78, 5) is 0. The number of allylic oxidation sites excluding steroid dienone is 3. The van der Waals surface area contributed by atoms with Gasteiger partial charge in [0.1, 0.15) is 0 Å². The Labute approximate surface area is 137 Å². The second kappa shape index (κ2) is 4.99. The first-order chi connectivity index (χ1) is 10.5. The molecule has 22 heavy (non-hydrogen) atoms. The van der Waals surface area contributed by atoms with E-state index < -0.39 is 0 Å². The van der Waals surface area contributed by atoms with E-state index in [1.165, 1.54) is 63.4 Å². The molecule has 0 radical (unpaired) electrons. The van der Waals surface area contributed by atoms with E-state index in [1.54, 1.807) is 0 Å². The monoisotopic (exact) mass is 298 g/mol. The van der Waals surface area contributed by atoms with Crippen molar-refractivity contribution in [3.63, 3.8) is 0 Å². The van der Waals surface area contributed by atoms with Gasteiger partial charge in [-0.3, -0.25) is 0 Å². The van der Waals surface area contributed by atoms with Crippen LogP contribution in [0.5, 0.6) is 0 Å². The third-order valence-corrected chi connectivity index (χ3v) is 8.61. The summed E-state index contributed by atoms with van der Waals surface area (Å²) in [5.74, 6) is 3.71. The average Bonchev–Trinajstić information content (AvgIpc) is 2.84. The van der Waals surface area contributed by atoms with Gasteiger partial charge in [0.05, 0.1) is 0 Å². The summed E-state index contributed by atoms with van der Waals surface area (Å²) in [6, 6.07) is 0. The number of fused-ring (bicyclic) bond motifs is 5. The maximum atomic E-state index is 4.34. The zero-order chi connectivity index (χ0) is 15.5. The van der Waals surface area contributed by atoms with E-state index in [0.29, 0.717) is 10.8 Å². The van der Waals surface area contributed by atoms with Crippen molar-refractivity contribution in [3.05, 3.63) is 23.8 Å². The maximum absolute atomic E-state index is 4.34. The van der Waals surface area contributed by atoms with Crippen molar-refractivity contribution < 1.29 is 0 Å². The van der Waals surface area contributed by atoms with E-state index in [0.717, 1.165) is 23.7 Å². The molecule has 4 aliphatic rings. The highest BCUT2D eigenvalue weighted by atomic mass is 14.6. The fourth-order valence-corrected chi connectivity index (χ4v) is 7.51. The van der Waals surface area contributed by atoms with Crippen molar-refractivity contribution in [2.24, 2.45) is 34.5 Å². The van der Waals surface area contributed by atoms with Crippen molar-refractivity contribution in [2.45, 2.75) is 78.6 Å². The molecular weight excluding hydrogens is 264 g/mol. The molecule has 0 heterocycles. The summed E-state index contributed by atoms with van der Waals surface area (Å²) < 4.78 is 0. The smallest absolute Gasteiger partial charge is 0.00853 e. The normalized spacial score (nSPS) is 50.6. The van der Waals surface area contributed by atoms with E-state index in [9.17, 15) is 0 Å². The molecule has 0 aromatic rings. The summed E-state index contributed by atoms with van der Waals surface area (Å²) in [7, 11) is 0. The van der Waals surface area contributed by atoms with Gasteiger partial charge < -0.3 is 0 Å². The molecule has 122 valence electrons. The van der Waals surface area contributed by atoms with Gasteiger partial charge in [-0.1, -0.05) is 44.1 Å². The van der Waals surface area contributed by atoms with Crippen LogP contribution in [0.2, 0.25) is 0 Å². The molecule has 3 fully saturated rings. The van der Waals surface area contributed by atoms with E-state index in [1.807, 2.05) is 5.57 Å². The predicted octanol–water partition coefficient (Wildman–Crippen LogP) is 6.53. The molecule has 6 atom stereocenters. The Morgan fingerprint density at radius 2 is 1.91 bits per heavy atom. The first-order valence-electron chi connectivity index (χ1n) is 9.82. The standard InChI is InChI=1S/C22H34/c1-15(2)18-10-11-19-17-9-8-16-7-5-6-13-21(16,3)20(17)12-14-22(18,19)4/h8,17-20H,1,5-7,9-14H2,2-4H3/t17-,18+,19-,20-,21-,22+/m0/s1. The van der Waals surface area contributed by atoms with Crippen molar-refractivity contribution in [2.75, 3.05) is 0 Å². The zero-order valence-corrected chi connectivity index (χ0v) is 15.0. The van der Waals surface area contributed by atoms with Crippen LogP contribution in [0.3, 0.4) is 0 Å². The molecule has 0 heteroatoms. The summed E-state index contributed by atoms with van der Waals surface area (Å²) in [5.41, 5.74) is 4.42. The number of rotatable bonds is 1. The number of hydrogen-bond acceptors (Lipinski definition) is 0. The van der Waals surface area contributed by atoms with E-state index in [2.05, 4.69) is 33.4 Å². The van der Waals surface area contributed by atoms with Crippen molar-refractivity contribution in [1.82, 2.24) is 0 Å². The second-order valence-electron chi connectivity index (χ2n) is 9.49. The highest BCUT2D eigenvalue weighted by molar-refractivity contribution is 5.25. The molecule has 0 nitrogen and oxygen atoms in total.